The number of rotatable bonds is 5. The highest BCUT2D eigenvalue weighted by Crippen LogP contribution is 2.48. The molecule has 0 fully saturated rings. The molecule has 4 rings (SSSR count). The quantitative estimate of drug-likeness (QED) is 0.427. The highest BCUT2D eigenvalue weighted by molar-refractivity contribution is 6.09. The molecule has 0 saturated carbocycles. The van der Waals surface area contributed by atoms with Gasteiger partial charge >= 0.3 is 11.3 Å². The number of ether oxygens (including phenoxy) is 4. The molecule has 2 aromatic carbocycles. The van der Waals surface area contributed by atoms with E-state index in [0.29, 0.717) is 44.9 Å². The smallest absolute Gasteiger partial charge is 0.339 e. The van der Waals surface area contributed by atoms with E-state index < -0.39 is 11.3 Å². The van der Waals surface area contributed by atoms with Gasteiger partial charge in [0.05, 0.1) is 62.5 Å². The lowest BCUT2D eigenvalue weighted by atomic mass is 9.94. The van der Waals surface area contributed by atoms with E-state index in [-0.39, 0.29) is 11.2 Å². The molecule has 0 saturated heterocycles. The van der Waals surface area contributed by atoms with Crippen molar-refractivity contribution in [3.8, 4) is 34.1 Å². The highest BCUT2D eigenvalue weighted by atomic mass is 16.5. The normalized spacial score (nSPS) is 11.1. The van der Waals surface area contributed by atoms with E-state index in [1.165, 1.54) is 40.6 Å². The molecule has 2 heterocycles. The summed E-state index contributed by atoms with van der Waals surface area (Å²) in [5.74, 6) is 1.51. The Morgan fingerprint density at radius 3 is 1.22 bits per heavy atom. The summed E-state index contributed by atoms with van der Waals surface area (Å²) in [6, 6.07) is 6.14. The molecule has 0 N–H and O–H groups in total. The van der Waals surface area contributed by atoms with Gasteiger partial charge in [-0.2, -0.15) is 0 Å². The summed E-state index contributed by atoms with van der Waals surface area (Å²) in [7, 11) is 5.95. The molecule has 0 amide bonds. The third-order valence-corrected chi connectivity index (χ3v) is 5.41. The van der Waals surface area contributed by atoms with Crippen molar-refractivity contribution in [2.75, 3.05) is 28.4 Å². The van der Waals surface area contributed by atoms with Crippen LogP contribution in [0.15, 0.2) is 42.7 Å². The molecule has 8 nitrogen and oxygen atoms in total. The highest BCUT2D eigenvalue weighted by Gasteiger charge is 2.27. The monoisotopic (exact) mass is 438 g/mol. The first kappa shape index (κ1) is 21.3. The summed E-state index contributed by atoms with van der Waals surface area (Å²) < 4.78 is 33.5. The molecule has 0 unspecified atom stereocenters. The SMILES string of the molecule is COc1cc(C)c2c(OC)cc(=O)oc2c1-c1c(OC)cc(C)c2c(OC)cc(=O)oc12. The Balaban J connectivity index is 2.34. The average Bonchev–Trinajstić information content (AvgIpc) is 2.77. The Kier molecular flexibility index (Phi) is 5.30. The van der Waals surface area contributed by atoms with Crippen molar-refractivity contribution in [1.82, 2.24) is 0 Å². The maximum Gasteiger partial charge on any atom is 0.339 e. The number of methoxy groups -OCH3 is 4. The number of benzene rings is 2. The van der Waals surface area contributed by atoms with Crippen LogP contribution in [0.4, 0.5) is 0 Å². The summed E-state index contributed by atoms with van der Waals surface area (Å²) >= 11 is 0. The summed E-state index contributed by atoms with van der Waals surface area (Å²) in [5.41, 5.74) is 1.58. The molecule has 8 heteroatoms. The number of hydrogen-bond acceptors (Lipinski definition) is 8. The van der Waals surface area contributed by atoms with Gasteiger partial charge < -0.3 is 27.8 Å². The predicted molar refractivity (Wildman–Crippen MR) is 120 cm³/mol. The summed E-state index contributed by atoms with van der Waals surface area (Å²) in [4.78, 5) is 24.7. The van der Waals surface area contributed by atoms with Gasteiger partial charge in [0.2, 0.25) is 0 Å². The van der Waals surface area contributed by atoms with Gasteiger partial charge in [-0.3, -0.25) is 0 Å². The number of aryl methyl sites for hydroxylation is 2. The third-order valence-electron chi connectivity index (χ3n) is 5.41. The molecule has 0 aliphatic rings. The van der Waals surface area contributed by atoms with Crippen LogP contribution in [0.1, 0.15) is 11.1 Å². The molecule has 166 valence electrons. The van der Waals surface area contributed by atoms with Gasteiger partial charge in [0.15, 0.2) is 11.2 Å². The average molecular weight is 438 g/mol. The van der Waals surface area contributed by atoms with Crippen molar-refractivity contribution in [1.29, 1.82) is 0 Å². The second-order valence-electron chi connectivity index (χ2n) is 7.22. The van der Waals surface area contributed by atoms with Gasteiger partial charge in [0, 0.05) is 0 Å². The van der Waals surface area contributed by atoms with E-state index in [4.69, 9.17) is 27.8 Å². The second-order valence-corrected chi connectivity index (χ2v) is 7.22. The summed E-state index contributed by atoms with van der Waals surface area (Å²) in [6.45, 7) is 3.70. The van der Waals surface area contributed by atoms with Crippen LogP contribution in [0, 0.1) is 13.8 Å². The topological polar surface area (TPSA) is 97.3 Å². The van der Waals surface area contributed by atoms with Crippen molar-refractivity contribution < 1.29 is 27.8 Å². The Morgan fingerprint density at radius 1 is 0.562 bits per heavy atom. The van der Waals surface area contributed by atoms with E-state index >= 15 is 0 Å². The molecule has 0 radical (unpaired) electrons. The fourth-order valence-electron chi connectivity index (χ4n) is 4.07. The summed E-state index contributed by atoms with van der Waals surface area (Å²) in [6.07, 6.45) is 0. The zero-order chi connectivity index (χ0) is 23.2. The Bertz CT molecular complexity index is 1360. The van der Waals surface area contributed by atoms with Crippen LogP contribution < -0.4 is 30.2 Å². The molecule has 0 atom stereocenters. The zero-order valence-electron chi connectivity index (χ0n) is 18.6. The first-order valence-corrected chi connectivity index (χ1v) is 9.73. The second kappa shape index (κ2) is 7.96. The van der Waals surface area contributed by atoms with Gasteiger partial charge in [-0.05, 0) is 37.1 Å². The van der Waals surface area contributed by atoms with Gasteiger partial charge in [0.1, 0.15) is 23.0 Å². The Hall–Kier alpha value is -3.94. The minimum atomic E-state index is -0.599. The molecule has 32 heavy (non-hydrogen) atoms. The van der Waals surface area contributed by atoms with E-state index in [1.807, 2.05) is 13.8 Å². The Morgan fingerprint density at radius 2 is 0.906 bits per heavy atom. The zero-order valence-corrected chi connectivity index (χ0v) is 18.6. The fourth-order valence-corrected chi connectivity index (χ4v) is 4.07. The lowest BCUT2D eigenvalue weighted by molar-refractivity contribution is 0.404. The molecular weight excluding hydrogens is 416 g/mol. The van der Waals surface area contributed by atoms with E-state index in [2.05, 4.69) is 0 Å². The largest absolute Gasteiger partial charge is 0.496 e. The number of fused-ring (bicyclic) bond motifs is 2. The maximum absolute atomic E-state index is 12.4. The molecule has 0 aliphatic heterocycles. The third kappa shape index (κ3) is 3.15. The van der Waals surface area contributed by atoms with Crippen LogP contribution in [-0.2, 0) is 0 Å². The van der Waals surface area contributed by atoms with E-state index in [0.717, 1.165) is 11.1 Å². The van der Waals surface area contributed by atoms with Crippen molar-refractivity contribution in [3.63, 3.8) is 0 Å². The van der Waals surface area contributed by atoms with Gasteiger partial charge in [-0.25, -0.2) is 9.59 Å². The minimum Gasteiger partial charge on any atom is -0.496 e. The first-order valence-electron chi connectivity index (χ1n) is 9.73. The van der Waals surface area contributed by atoms with Gasteiger partial charge in [-0.1, -0.05) is 0 Å². The molecule has 4 aromatic rings. The number of hydrogen-bond donors (Lipinski definition) is 0. The van der Waals surface area contributed by atoms with Crippen LogP contribution in [-0.4, -0.2) is 28.4 Å². The van der Waals surface area contributed by atoms with Crippen molar-refractivity contribution >= 4 is 21.9 Å². The van der Waals surface area contributed by atoms with Crippen LogP contribution >= 0.6 is 0 Å². The molecule has 0 spiro atoms. The van der Waals surface area contributed by atoms with Crippen molar-refractivity contribution in [2.24, 2.45) is 0 Å². The molecular formula is C24H22O8. The standard InChI is InChI=1S/C24H22O8/c1-11-7-13(27-3)21(23-19(11)15(29-5)9-17(25)31-23)22-14(28-4)8-12(2)20-16(30-6)10-18(26)32-24(20)22/h7-10H,1-6H3. The van der Waals surface area contributed by atoms with Gasteiger partial charge in [0.25, 0.3) is 0 Å². The Labute approximate surface area is 182 Å². The van der Waals surface area contributed by atoms with Crippen molar-refractivity contribution in [2.45, 2.75) is 13.8 Å². The first-order chi connectivity index (χ1) is 15.3. The lowest BCUT2D eigenvalue weighted by Crippen LogP contribution is -2.05. The van der Waals surface area contributed by atoms with Crippen LogP contribution in [0.2, 0.25) is 0 Å². The van der Waals surface area contributed by atoms with Crippen LogP contribution in [0.3, 0.4) is 0 Å². The maximum atomic E-state index is 12.4. The molecule has 0 aliphatic carbocycles. The predicted octanol–water partition coefficient (Wildman–Crippen LogP) is 4.22. The minimum absolute atomic E-state index is 0.222. The summed E-state index contributed by atoms with van der Waals surface area (Å²) in [5, 5.41) is 1.17. The van der Waals surface area contributed by atoms with Crippen LogP contribution in [0.5, 0.6) is 23.0 Å². The molecule has 2 aromatic heterocycles. The molecule has 0 bridgehead atoms. The van der Waals surface area contributed by atoms with Crippen molar-refractivity contribution in [3.05, 3.63) is 56.2 Å². The van der Waals surface area contributed by atoms with E-state index in [9.17, 15) is 9.59 Å². The van der Waals surface area contributed by atoms with Crippen LogP contribution in [0.25, 0.3) is 33.1 Å². The van der Waals surface area contributed by atoms with E-state index in [1.54, 1.807) is 12.1 Å². The van der Waals surface area contributed by atoms with Gasteiger partial charge in [-0.15, -0.1) is 0 Å². The lowest BCUT2D eigenvalue weighted by Gasteiger charge is -2.19. The fraction of sp³-hybridized carbons (Fsp3) is 0.250.